The Hall–Kier alpha value is -1.60. The Bertz CT molecular complexity index is 854. The van der Waals surface area contributed by atoms with Gasteiger partial charge in [-0.3, -0.25) is 4.79 Å². The maximum atomic E-state index is 12.8. The van der Waals surface area contributed by atoms with Crippen LogP contribution in [0.15, 0.2) is 23.1 Å². The number of benzene rings is 1. The lowest BCUT2D eigenvalue weighted by Crippen LogP contribution is -2.40. The van der Waals surface area contributed by atoms with Crippen LogP contribution in [-0.4, -0.2) is 51.4 Å². The summed E-state index contributed by atoms with van der Waals surface area (Å²) in [4.78, 5) is 17.0. The zero-order valence-corrected chi connectivity index (χ0v) is 17.7. The van der Waals surface area contributed by atoms with Gasteiger partial charge >= 0.3 is 0 Å². The summed E-state index contributed by atoms with van der Waals surface area (Å²) in [6.45, 7) is 7.03. The van der Waals surface area contributed by atoms with Gasteiger partial charge in [0.15, 0.2) is 0 Å². The van der Waals surface area contributed by atoms with Crippen molar-refractivity contribution in [2.75, 3.05) is 31.1 Å². The highest BCUT2D eigenvalue weighted by molar-refractivity contribution is 7.89. The minimum Gasteiger partial charge on any atom is -0.361 e. The lowest BCUT2D eigenvalue weighted by molar-refractivity contribution is -0.128. The first-order chi connectivity index (χ1) is 13.3. The molecule has 0 spiro atoms. The first kappa shape index (κ1) is 19.7. The van der Waals surface area contributed by atoms with Crippen molar-refractivity contribution in [2.45, 2.75) is 68.7 Å². The minimum absolute atomic E-state index is 0.0563. The van der Waals surface area contributed by atoms with Crippen molar-refractivity contribution >= 4 is 21.6 Å². The van der Waals surface area contributed by atoms with Crippen molar-refractivity contribution in [3.8, 4) is 0 Å². The number of rotatable bonds is 5. The van der Waals surface area contributed by atoms with E-state index in [1.165, 1.54) is 0 Å². The number of likely N-dealkylation sites (tertiary alicyclic amines) is 1. The number of fused-ring (bicyclic) bond motifs is 1. The van der Waals surface area contributed by atoms with Crippen LogP contribution >= 0.6 is 0 Å². The molecule has 1 aromatic carbocycles. The van der Waals surface area contributed by atoms with Gasteiger partial charge in [-0.25, -0.2) is 13.1 Å². The second kappa shape index (κ2) is 7.34. The number of hydrogen-bond acceptors (Lipinski definition) is 4. The van der Waals surface area contributed by atoms with Crippen LogP contribution < -0.4 is 9.62 Å². The summed E-state index contributed by atoms with van der Waals surface area (Å²) in [7, 11) is -3.51. The number of sulfonamides is 1. The van der Waals surface area contributed by atoms with Crippen LogP contribution in [0.4, 0.5) is 5.69 Å². The first-order valence-corrected chi connectivity index (χ1v) is 11.9. The summed E-state index contributed by atoms with van der Waals surface area (Å²) in [6.07, 6.45) is 6.19. The molecule has 6 nitrogen and oxygen atoms in total. The van der Waals surface area contributed by atoms with Gasteiger partial charge in [-0.2, -0.15) is 0 Å². The van der Waals surface area contributed by atoms with Gasteiger partial charge in [-0.05, 0) is 49.4 Å². The fourth-order valence-electron chi connectivity index (χ4n) is 4.85. The van der Waals surface area contributed by atoms with Crippen LogP contribution in [0.5, 0.6) is 0 Å². The van der Waals surface area contributed by atoms with E-state index in [1.807, 2.05) is 17.0 Å². The molecule has 1 aliphatic carbocycles. The second-order valence-electron chi connectivity index (χ2n) is 9.11. The van der Waals surface area contributed by atoms with Crippen molar-refractivity contribution in [1.82, 2.24) is 9.62 Å². The molecule has 1 aromatic rings. The third-order valence-corrected chi connectivity index (χ3v) is 7.91. The van der Waals surface area contributed by atoms with E-state index in [0.717, 1.165) is 69.4 Å². The van der Waals surface area contributed by atoms with Gasteiger partial charge in [-0.15, -0.1) is 0 Å². The number of anilines is 1. The molecule has 0 unspecified atom stereocenters. The third-order valence-electron chi connectivity index (χ3n) is 6.40. The fourth-order valence-corrected chi connectivity index (χ4v) is 6.18. The molecule has 0 aromatic heterocycles. The average molecular weight is 406 g/mol. The molecule has 28 heavy (non-hydrogen) atoms. The number of carbonyl (C=O) groups excluding carboxylic acids is 1. The fraction of sp³-hybridized carbons (Fsp3) is 0.667. The molecule has 2 aliphatic heterocycles. The summed E-state index contributed by atoms with van der Waals surface area (Å²) in [5, 5.41) is 0. The first-order valence-electron chi connectivity index (χ1n) is 10.5. The Morgan fingerprint density at radius 2 is 1.82 bits per heavy atom. The Kier molecular flexibility index (Phi) is 5.16. The van der Waals surface area contributed by atoms with Crippen molar-refractivity contribution < 1.29 is 13.2 Å². The molecule has 1 saturated carbocycles. The molecule has 4 rings (SSSR count). The van der Waals surface area contributed by atoms with E-state index in [-0.39, 0.29) is 17.4 Å². The average Bonchev–Trinajstić information content (AvgIpc) is 3.37. The maximum absolute atomic E-state index is 12.8. The van der Waals surface area contributed by atoms with E-state index in [9.17, 15) is 13.2 Å². The van der Waals surface area contributed by atoms with E-state index in [0.29, 0.717) is 11.4 Å². The summed E-state index contributed by atoms with van der Waals surface area (Å²) < 4.78 is 28.6. The van der Waals surface area contributed by atoms with E-state index >= 15 is 0 Å². The maximum Gasteiger partial charge on any atom is 0.242 e. The normalized spacial score (nSPS) is 22.1. The summed E-state index contributed by atoms with van der Waals surface area (Å²) in [5.74, 6) is 0.167. The van der Waals surface area contributed by atoms with Crippen molar-refractivity contribution in [2.24, 2.45) is 0 Å². The topological polar surface area (TPSA) is 69.7 Å². The Morgan fingerprint density at radius 3 is 2.50 bits per heavy atom. The van der Waals surface area contributed by atoms with Crippen molar-refractivity contribution in [1.29, 1.82) is 0 Å². The Morgan fingerprint density at radius 1 is 1.14 bits per heavy atom. The molecule has 0 atom stereocenters. The number of amides is 1. The summed E-state index contributed by atoms with van der Waals surface area (Å²) >= 11 is 0. The number of nitrogens with zero attached hydrogens (tertiary/aromatic N) is 2. The number of nitrogens with one attached hydrogen (secondary N) is 1. The molecule has 154 valence electrons. The van der Waals surface area contributed by atoms with Crippen LogP contribution in [0.3, 0.4) is 0 Å². The molecule has 0 radical (unpaired) electrons. The van der Waals surface area contributed by atoms with Crippen LogP contribution in [0.1, 0.15) is 57.9 Å². The molecular weight excluding hydrogens is 374 g/mol. The number of hydrogen-bond donors (Lipinski definition) is 1. The molecule has 1 saturated heterocycles. The van der Waals surface area contributed by atoms with Crippen LogP contribution in [-0.2, 0) is 20.2 Å². The minimum atomic E-state index is -3.51. The van der Waals surface area contributed by atoms with Crippen molar-refractivity contribution in [3.63, 3.8) is 0 Å². The van der Waals surface area contributed by atoms with E-state index in [2.05, 4.69) is 23.5 Å². The van der Waals surface area contributed by atoms with Gasteiger partial charge in [0.05, 0.1) is 11.4 Å². The van der Waals surface area contributed by atoms with Gasteiger partial charge in [0.2, 0.25) is 15.9 Å². The second-order valence-corrected chi connectivity index (χ2v) is 10.8. The van der Waals surface area contributed by atoms with Gasteiger partial charge in [0.1, 0.15) is 0 Å². The smallest absolute Gasteiger partial charge is 0.242 e. The molecule has 7 heteroatoms. The van der Waals surface area contributed by atoms with Gasteiger partial charge in [-0.1, -0.05) is 26.7 Å². The van der Waals surface area contributed by atoms with E-state index in [1.54, 1.807) is 6.07 Å². The Labute approximate surface area is 168 Å². The van der Waals surface area contributed by atoms with Gasteiger partial charge in [0.25, 0.3) is 0 Å². The lowest BCUT2D eigenvalue weighted by atomic mass is 9.87. The molecule has 3 aliphatic rings. The largest absolute Gasteiger partial charge is 0.361 e. The zero-order chi connectivity index (χ0) is 19.9. The predicted molar refractivity (Wildman–Crippen MR) is 110 cm³/mol. The Balaban J connectivity index is 1.56. The van der Waals surface area contributed by atoms with E-state index < -0.39 is 10.0 Å². The van der Waals surface area contributed by atoms with Crippen molar-refractivity contribution in [3.05, 3.63) is 23.8 Å². The third kappa shape index (κ3) is 3.79. The quantitative estimate of drug-likeness (QED) is 0.818. The zero-order valence-electron chi connectivity index (χ0n) is 16.9. The van der Waals surface area contributed by atoms with Crippen LogP contribution in [0, 0.1) is 0 Å². The standard InChI is InChI=1S/C21H31N3O3S/c1-21(2)15-24(14-20(25)23-11-5-6-12-23)19-10-9-17(13-18(19)21)28(26,27)22-16-7-3-4-8-16/h9-10,13,16,22H,3-8,11-12,14-15H2,1-2H3. The summed E-state index contributed by atoms with van der Waals surface area (Å²) in [5.41, 5.74) is 1.80. The highest BCUT2D eigenvalue weighted by Gasteiger charge is 2.37. The monoisotopic (exact) mass is 405 g/mol. The molecular formula is C21H31N3O3S. The van der Waals surface area contributed by atoms with E-state index in [4.69, 9.17) is 0 Å². The molecule has 1 N–H and O–H groups in total. The highest BCUT2D eigenvalue weighted by Crippen LogP contribution is 2.41. The van der Waals surface area contributed by atoms with Crippen LogP contribution in [0.25, 0.3) is 0 Å². The number of carbonyl (C=O) groups is 1. The van der Waals surface area contributed by atoms with Gasteiger partial charge in [0, 0.05) is 36.8 Å². The molecule has 0 bridgehead atoms. The molecule has 1 amide bonds. The van der Waals surface area contributed by atoms with Gasteiger partial charge < -0.3 is 9.80 Å². The lowest BCUT2D eigenvalue weighted by Gasteiger charge is -2.24. The molecule has 2 fully saturated rings. The molecule has 2 heterocycles. The SMILES string of the molecule is CC1(C)CN(CC(=O)N2CCCC2)c2ccc(S(=O)(=O)NC3CCCC3)cc21. The predicted octanol–water partition coefficient (Wildman–Crippen LogP) is 2.63. The highest BCUT2D eigenvalue weighted by atomic mass is 32.2. The van der Waals surface area contributed by atoms with Crippen LogP contribution in [0.2, 0.25) is 0 Å². The summed E-state index contributed by atoms with van der Waals surface area (Å²) in [6, 6.07) is 5.43.